The minimum Gasteiger partial charge on any atom is -0.491 e. The summed E-state index contributed by atoms with van der Waals surface area (Å²) in [6.45, 7) is 1.29. The molecule has 3 aromatic carbocycles. The van der Waals surface area contributed by atoms with E-state index in [0.29, 0.717) is 5.75 Å². The standard InChI is InChI=1S/C22H23N3O6S/c1-16-19(10-6-11-20(16)25(27)28)24(32(2,29)30)15-22(26)23-13-14-31-21-12-5-8-17-7-3-4-9-18(17)21/h3-12H,13-15H2,1-2H3,(H,23,26). The van der Waals surface area contributed by atoms with Crippen LogP contribution < -0.4 is 14.4 Å². The molecule has 0 fully saturated rings. The van der Waals surface area contributed by atoms with Crippen molar-refractivity contribution >= 4 is 38.1 Å². The number of amides is 1. The third-order valence-electron chi connectivity index (χ3n) is 4.86. The van der Waals surface area contributed by atoms with Crippen LogP contribution in [0.3, 0.4) is 0 Å². The van der Waals surface area contributed by atoms with E-state index in [1.807, 2.05) is 42.5 Å². The molecule has 32 heavy (non-hydrogen) atoms. The molecule has 0 saturated carbocycles. The van der Waals surface area contributed by atoms with Crippen molar-refractivity contribution < 1.29 is 22.9 Å². The van der Waals surface area contributed by atoms with E-state index in [1.54, 1.807) is 0 Å². The van der Waals surface area contributed by atoms with Gasteiger partial charge < -0.3 is 10.1 Å². The molecule has 0 aliphatic carbocycles. The molecule has 3 aromatic rings. The SMILES string of the molecule is Cc1c(N(CC(=O)NCCOc2cccc3ccccc23)S(C)(=O)=O)cccc1[N+](=O)[O-]. The van der Waals surface area contributed by atoms with Gasteiger partial charge in [-0.2, -0.15) is 0 Å². The quantitative estimate of drug-likeness (QED) is 0.300. The minimum absolute atomic E-state index is 0.0869. The predicted octanol–water partition coefficient (Wildman–Crippen LogP) is 3.02. The van der Waals surface area contributed by atoms with Crippen LogP contribution in [0.15, 0.2) is 60.7 Å². The maximum atomic E-state index is 12.4. The Morgan fingerprint density at radius 1 is 1.09 bits per heavy atom. The monoisotopic (exact) mass is 457 g/mol. The fraction of sp³-hybridized carbons (Fsp3) is 0.227. The number of nitro groups is 1. The Morgan fingerprint density at radius 2 is 1.78 bits per heavy atom. The average Bonchev–Trinajstić information content (AvgIpc) is 2.74. The topological polar surface area (TPSA) is 119 Å². The maximum absolute atomic E-state index is 12.4. The largest absolute Gasteiger partial charge is 0.491 e. The molecule has 0 radical (unpaired) electrons. The van der Waals surface area contributed by atoms with Gasteiger partial charge in [0.2, 0.25) is 15.9 Å². The fourth-order valence-electron chi connectivity index (χ4n) is 3.32. The van der Waals surface area contributed by atoms with E-state index in [9.17, 15) is 23.3 Å². The van der Waals surface area contributed by atoms with Crippen molar-refractivity contribution in [1.29, 1.82) is 0 Å². The number of carbonyl (C=O) groups excluding carboxylic acids is 1. The predicted molar refractivity (Wildman–Crippen MR) is 122 cm³/mol. The van der Waals surface area contributed by atoms with Crippen molar-refractivity contribution in [1.82, 2.24) is 5.32 Å². The third kappa shape index (κ3) is 5.33. The van der Waals surface area contributed by atoms with Crippen molar-refractivity contribution in [2.75, 3.05) is 30.3 Å². The lowest BCUT2D eigenvalue weighted by molar-refractivity contribution is -0.385. The number of hydrogen-bond acceptors (Lipinski definition) is 6. The Labute approximate surface area is 185 Å². The van der Waals surface area contributed by atoms with Gasteiger partial charge in [-0.15, -0.1) is 0 Å². The summed E-state index contributed by atoms with van der Waals surface area (Å²) in [5, 5.41) is 15.8. The number of sulfonamides is 1. The van der Waals surface area contributed by atoms with Gasteiger partial charge in [0, 0.05) is 11.5 Å². The van der Waals surface area contributed by atoms with E-state index >= 15 is 0 Å². The minimum atomic E-state index is -3.86. The van der Waals surface area contributed by atoms with Gasteiger partial charge in [-0.3, -0.25) is 19.2 Å². The Bertz CT molecular complexity index is 1250. The number of ether oxygens (including phenoxy) is 1. The van der Waals surface area contributed by atoms with E-state index in [-0.39, 0.29) is 30.1 Å². The second-order valence-electron chi connectivity index (χ2n) is 7.12. The molecule has 0 spiro atoms. The van der Waals surface area contributed by atoms with Crippen molar-refractivity contribution in [3.8, 4) is 5.75 Å². The van der Waals surface area contributed by atoms with Crippen LogP contribution in [0.25, 0.3) is 10.8 Å². The summed E-state index contributed by atoms with van der Waals surface area (Å²) in [6.07, 6.45) is 0.947. The van der Waals surface area contributed by atoms with Gasteiger partial charge in [0.1, 0.15) is 18.9 Å². The van der Waals surface area contributed by atoms with Gasteiger partial charge >= 0.3 is 0 Å². The molecule has 0 aliphatic rings. The molecule has 1 amide bonds. The third-order valence-corrected chi connectivity index (χ3v) is 5.99. The highest BCUT2D eigenvalue weighted by molar-refractivity contribution is 7.92. The van der Waals surface area contributed by atoms with Crippen molar-refractivity contribution in [2.24, 2.45) is 0 Å². The molecule has 0 unspecified atom stereocenters. The second kappa shape index (κ2) is 9.65. The van der Waals surface area contributed by atoms with Crippen molar-refractivity contribution in [3.63, 3.8) is 0 Å². The normalized spacial score (nSPS) is 11.2. The van der Waals surface area contributed by atoms with Crippen molar-refractivity contribution in [3.05, 3.63) is 76.3 Å². The van der Waals surface area contributed by atoms with Crippen LogP contribution in [0.4, 0.5) is 11.4 Å². The Morgan fingerprint density at radius 3 is 2.50 bits per heavy atom. The van der Waals surface area contributed by atoms with Gasteiger partial charge in [0.25, 0.3) is 5.69 Å². The lowest BCUT2D eigenvalue weighted by Gasteiger charge is -2.23. The smallest absolute Gasteiger partial charge is 0.274 e. The molecular formula is C22H23N3O6S. The molecule has 0 saturated heterocycles. The number of benzene rings is 3. The summed E-state index contributed by atoms with van der Waals surface area (Å²) in [5.41, 5.74) is 0.0268. The lowest BCUT2D eigenvalue weighted by Crippen LogP contribution is -2.41. The van der Waals surface area contributed by atoms with Crippen LogP contribution in [0.2, 0.25) is 0 Å². The van der Waals surface area contributed by atoms with Gasteiger partial charge in [-0.05, 0) is 24.4 Å². The zero-order chi connectivity index (χ0) is 23.3. The summed E-state index contributed by atoms with van der Waals surface area (Å²) >= 11 is 0. The molecule has 168 valence electrons. The number of nitrogens with zero attached hydrogens (tertiary/aromatic N) is 2. The molecule has 0 atom stereocenters. The molecular weight excluding hydrogens is 434 g/mol. The summed E-state index contributed by atoms with van der Waals surface area (Å²) in [7, 11) is -3.86. The Balaban J connectivity index is 1.64. The average molecular weight is 458 g/mol. The zero-order valence-corrected chi connectivity index (χ0v) is 18.5. The van der Waals surface area contributed by atoms with Gasteiger partial charge in [-0.1, -0.05) is 42.5 Å². The van der Waals surface area contributed by atoms with E-state index < -0.39 is 27.4 Å². The van der Waals surface area contributed by atoms with Crippen LogP contribution in [-0.2, 0) is 14.8 Å². The molecule has 0 bridgehead atoms. The highest BCUT2D eigenvalue weighted by atomic mass is 32.2. The number of nitrogens with one attached hydrogen (secondary N) is 1. The molecule has 10 heteroatoms. The highest BCUT2D eigenvalue weighted by Crippen LogP contribution is 2.29. The Kier molecular flexibility index (Phi) is 6.94. The van der Waals surface area contributed by atoms with Crippen LogP contribution in [0.1, 0.15) is 5.56 Å². The van der Waals surface area contributed by atoms with Crippen LogP contribution in [-0.4, -0.2) is 45.2 Å². The van der Waals surface area contributed by atoms with E-state index in [2.05, 4.69) is 5.32 Å². The Hall–Kier alpha value is -3.66. The second-order valence-corrected chi connectivity index (χ2v) is 9.03. The number of carbonyl (C=O) groups is 1. The van der Waals surface area contributed by atoms with Crippen LogP contribution >= 0.6 is 0 Å². The first kappa shape index (κ1) is 23.0. The summed E-state index contributed by atoms with van der Waals surface area (Å²) in [4.78, 5) is 23.0. The fourth-order valence-corrected chi connectivity index (χ4v) is 4.23. The molecule has 9 nitrogen and oxygen atoms in total. The van der Waals surface area contributed by atoms with Gasteiger partial charge in [-0.25, -0.2) is 8.42 Å². The summed E-state index contributed by atoms with van der Waals surface area (Å²) in [5.74, 6) is 0.130. The van der Waals surface area contributed by atoms with Gasteiger partial charge in [0.15, 0.2) is 0 Å². The molecule has 0 heterocycles. The first-order valence-corrected chi connectivity index (χ1v) is 11.6. The zero-order valence-electron chi connectivity index (χ0n) is 17.6. The van der Waals surface area contributed by atoms with Gasteiger partial charge in [0.05, 0.1) is 29.0 Å². The number of hydrogen-bond donors (Lipinski definition) is 1. The highest BCUT2D eigenvalue weighted by Gasteiger charge is 2.25. The molecule has 1 N–H and O–H groups in total. The number of anilines is 1. The van der Waals surface area contributed by atoms with Crippen LogP contribution in [0, 0.1) is 17.0 Å². The summed E-state index contributed by atoms with van der Waals surface area (Å²) < 4.78 is 31.2. The number of nitro benzene ring substituents is 1. The van der Waals surface area contributed by atoms with Crippen LogP contribution in [0.5, 0.6) is 5.75 Å². The first-order valence-electron chi connectivity index (χ1n) is 9.77. The molecule has 3 rings (SSSR count). The maximum Gasteiger partial charge on any atom is 0.274 e. The lowest BCUT2D eigenvalue weighted by atomic mass is 10.1. The number of fused-ring (bicyclic) bond motifs is 1. The number of rotatable bonds is 9. The van der Waals surface area contributed by atoms with E-state index in [4.69, 9.17) is 4.74 Å². The summed E-state index contributed by atoms with van der Waals surface area (Å²) in [6, 6.07) is 17.5. The molecule has 0 aromatic heterocycles. The van der Waals surface area contributed by atoms with E-state index in [1.165, 1.54) is 25.1 Å². The first-order chi connectivity index (χ1) is 15.2. The van der Waals surface area contributed by atoms with Crippen molar-refractivity contribution in [2.45, 2.75) is 6.92 Å². The molecule has 0 aliphatic heterocycles. The van der Waals surface area contributed by atoms with E-state index in [0.717, 1.165) is 21.3 Å².